The van der Waals surface area contributed by atoms with E-state index >= 15 is 0 Å². The highest BCUT2D eigenvalue weighted by Crippen LogP contribution is 2.30. The molecule has 0 aliphatic heterocycles. The van der Waals surface area contributed by atoms with Gasteiger partial charge in [0.25, 0.3) is 0 Å². The normalized spacial score (nSPS) is 11.8. The zero-order valence-electron chi connectivity index (χ0n) is 16.5. The fourth-order valence-electron chi connectivity index (χ4n) is 3.19. The third-order valence-corrected chi connectivity index (χ3v) is 6.37. The lowest BCUT2D eigenvalue weighted by Gasteiger charge is -2.15. The van der Waals surface area contributed by atoms with Crippen LogP contribution in [-0.4, -0.2) is 42.0 Å². The van der Waals surface area contributed by atoms with Crippen molar-refractivity contribution in [1.29, 1.82) is 0 Å². The van der Waals surface area contributed by atoms with Gasteiger partial charge in [0.15, 0.2) is 5.65 Å². The minimum Gasteiger partial charge on any atom is -0.305 e. The zero-order chi connectivity index (χ0) is 19.9. The SMILES string of the molecule is CCc1nn2c(C)c(CN(C)C)c(C)nc2c1S(=O)(=O)c1cccc(F)c1.Cl. The molecule has 9 heteroatoms. The van der Waals surface area contributed by atoms with Crippen LogP contribution in [0.25, 0.3) is 5.65 Å². The first-order chi connectivity index (χ1) is 12.7. The topological polar surface area (TPSA) is 67.6 Å². The summed E-state index contributed by atoms with van der Waals surface area (Å²) >= 11 is 0. The van der Waals surface area contributed by atoms with E-state index in [0.29, 0.717) is 18.7 Å². The predicted molar refractivity (Wildman–Crippen MR) is 108 cm³/mol. The lowest BCUT2D eigenvalue weighted by Crippen LogP contribution is -2.16. The van der Waals surface area contributed by atoms with Gasteiger partial charge < -0.3 is 4.90 Å². The minimum absolute atomic E-state index is 0. The molecular formula is C19H24ClFN4O2S. The van der Waals surface area contributed by atoms with Crippen LogP contribution >= 0.6 is 12.4 Å². The van der Waals surface area contributed by atoms with Gasteiger partial charge in [-0.05, 0) is 52.6 Å². The number of fused-ring (bicyclic) bond motifs is 1. The van der Waals surface area contributed by atoms with E-state index in [1.54, 1.807) is 4.52 Å². The molecule has 0 amide bonds. The molecule has 28 heavy (non-hydrogen) atoms. The number of rotatable bonds is 5. The second-order valence-electron chi connectivity index (χ2n) is 6.82. The first kappa shape index (κ1) is 22.3. The zero-order valence-corrected chi connectivity index (χ0v) is 18.2. The molecule has 0 saturated heterocycles. The smallest absolute Gasteiger partial charge is 0.212 e. The first-order valence-corrected chi connectivity index (χ1v) is 10.2. The van der Waals surface area contributed by atoms with Crippen LogP contribution in [0.4, 0.5) is 4.39 Å². The Morgan fingerprint density at radius 2 is 1.89 bits per heavy atom. The molecule has 0 fully saturated rings. The van der Waals surface area contributed by atoms with Crippen LogP contribution in [0.1, 0.15) is 29.6 Å². The number of benzene rings is 1. The van der Waals surface area contributed by atoms with E-state index in [1.807, 2.05) is 39.8 Å². The van der Waals surface area contributed by atoms with Gasteiger partial charge in [-0.1, -0.05) is 13.0 Å². The summed E-state index contributed by atoms with van der Waals surface area (Å²) in [6.07, 6.45) is 0.425. The molecule has 0 atom stereocenters. The standard InChI is InChI=1S/C19H23FN4O2S.ClH/c1-6-17-18(27(25,26)15-9-7-8-14(20)10-15)19-21-12(2)16(11-23(4)5)13(3)24(19)22-17;/h7-10H,6,11H2,1-5H3;1H. The fraction of sp³-hybridized carbons (Fsp3) is 0.368. The van der Waals surface area contributed by atoms with E-state index in [0.717, 1.165) is 23.0 Å². The Kier molecular flexibility index (Phi) is 6.48. The molecule has 152 valence electrons. The number of hydrogen-bond donors (Lipinski definition) is 0. The number of aromatic nitrogens is 3. The maximum absolute atomic E-state index is 13.6. The minimum atomic E-state index is -3.95. The van der Waals surface area contributed by atoms with Crippen molar-refractivity contribution in [2.24, 2.45) is 0 Å². The Hall–Kier alpha value is -2.03. The molecule has 1 aromatic carbocycles. The summed E-state index contributed by atoms with van der Waals surface area (Å²) in [5.41, 5.74) is 3.32. The highest BCUT2D eigenvalue weighted by Gasteiger charge is 2.29. The summed E-state index contributed by atoms with van der Waals surface area (Å²) in [5.74, 6) is -0.598. The van der Waals surface area contributed by atoms with E-state index in [4.69, 9.17) is 0 Å². The summed E-state index contributed by atoms with van der Waals surface area (Å²) in [5, 5.41) is 4.52. The van der Waals surface area contributed by atoms with Crippen molar-refractivity contribution in [3.63, 3.8) is 0 Å². The molecule has 3 aromatic rings. The van der Waals surface area contributed by atoms with Crippen LogP contribution in [0.3, 0.4) is 0 Å². The second-order valence-corrected chi connectivity index (χ2v) is 8.71. The lowest BCUT2D eigenvalue weighted by molar-refractivity contribution is 0.398. The second kappa shape index (κ2) is 8.14. The molecule has 0 N–H and O–H groups in total. The third kappa shape index (κ3) is 3.76. The van der Waals surface area contributed by atoms with Gasteiger partial charge in [0, 0.05) is 23.5 Å². The van der Waals surface area contributed by atoms with Gasteiger partial charge in [0.05, 0.1) is 10.6 Å². The van der Waals surface area contributed by atoms with Crippen molar-refractivity contribution in [3.8, 4) is 0 Å². The molecule has 0 radical (unpaired) electrons. The third-order valence-electron chi connectivity index (χ3n) is 4.54. The van der Waals surface area contributed by atoms with Crippen LogP contribution in [0.15, 0.2) is 34.1 Å². The van der Waals surface area contributed by atoms with Crippen molar-refractivity contribution in [2.75, 3.05) is 14.1 Å². The number of sulfone groups is 1. The summed E-state index contributed by atoms with van der Waals surface area (Å²) in [6.45, 7) is 6.29. The Morgan fingerprint density at radius 1 is 1.21 bits per heavy atom. The van der Waals surface area contributed by atoms with Gasteiger partial charge in [0.2, 0.25) is 9.84 Å². The van der Waals surface area contributed by atoms with Crippen molar-refractivity contribution in [3.05, 3.63) is 52.7 Å². The quantitative estimate of drug-likeness (QED) is 0.625. The van der Waals surface area contributed by atoms with Crippen LogP contribution in [0.5, 0.6) is 0 Å². The van der Waals surface area contributed by atoms with E-state index in [9.17, 15) is 12.8 Å². The number of aryl methyl sites for hydroxylation is 3. The van der Waals surface area contributed by atoms with Crippen molar-refractivity contribution in [1.82, 2.24) is 19.5 Å². The Morgan fingerprint density at radius 3 is 2.46 bits per heavy atom. The maximum atomic E-state index is 13.6. The van der Waals surface area contributed by atoms with Crippen molar-refractivity contribution >= 4 is 27.9 Å². The Bertz CT molecular complexity index is 1130. The average Bonchev–Trinajstić information content (AvgIpc) is 2.97. The van der Waals surface area contributed by atoms with E-state index in [1.165, 1.54) is 18.2 Å². The molecule has 0 spiro atoms. The Labute approximate surface area is 170 Å². The molecular weight excluding hydrogens is 403 g/mol. The van der Waals surface area contributed by atoms with E-state index < -0.39 is 15.7 Å². The molecule has 0 saturated carbocycles. The molecule has 3 rings (SSSR count). The molecule has 6 nitrogen and oxygen atoms in total. The maximum Gasteiger partial charge on any atom is 0.212 e. The molecule has 0 bridgehead atoms. The van der Waals surface area contributed by atoms with Crippen LogP contribution in [0.2, 0.25) is 0 Å². The first-order valence-electron chi connectivity index (χ1n) is 8.69. The summed E-state index contributed by atoms with van der Waals surface area (Å²) in [4.78, 5) is 6.56. The van der Waals surface area contributed by atoms with Crippen molar-refractivity contribution < 1.29 is 12.8 Å². The van der Waals surface area contributed by atoms with Crippen LogP contribution in [0, 0.1) is 19.7 Å². The number of hydrogen-bond acceptors (Lipinski definition) is 5. The average molecular weight is 427 g/mol. The Balaban J connectivity index is 0.00000280. The molecule has 0 aliphatic rings. The molecule has 0 aliphatic carbocycles. The van der Waals surface area contributed by atoms with Gasteiger partial charge >= 0.3 is 0 Å². The van der Waals surface area contributed by atoms with E-state index in [2.05, 4.69) is 10.1 Å². The van der Waals surface area contributed by atoms with Gasteiger partial charge in [-0.15, -0.1) is 12.4 Å². The number of halogens is 2. The largest absolute Gasteiger partial charge is 0.305 e. The lowest BCUT2D eigenvalue weighted by atomic mass is 10.1. The van der Waals surface area contributed by atoms with Gasteiger partial charge in [-0.2, -0.15) is 5.10 Å². The van der Waals surface area contributed by atoms with E-state index in [-0.39, 0.29) is 27.8 Å². The highest BCUT2D eigenvalue weighted by molar-refractivity contribution is 7.91. The summed E-state index contributed by atoms with van der Waals surface area (Å²) < 4.78 is 41.7. The molecule has 2 heterocycles. The van der Waals surface area contributed by atoms with Gasteiger partial charge in [0.1, 0.15) is 10.7 Å². The fourth-order valence-corrected chi connectivity index (χ4v) is 4.82. The molecule has 2 aromatic heterocycles. The summed E-state index contributed by atoms with van der Waals surface area (Å²) in [6, 6.07) is 5.02. The van der Waals surface area contributed by atoms with Gasteiger partial charge in [-0.3, -0.25) is 0 Å². The van der Waals surface area contributed by atoms with Crippen molar-refractivity contribution in [2.45, 2.75) is 43.5 Å². The van der Waals surface area contributed by atoms with Crippen LogP contribution in [-0.2, 0) is 22.8 Å². The summed E-state index contributed by atoms with van der Waals surface area (Å²) in [7, 11) is -0.0296. The molecule has 0 unspecified atom stereocenters. The number of nitrogens with zero attached hydrogens (tertiary/aromatic N) is 4. The highest BCUT2D eigenvalue weighted by atomic mass is 35.5. The van der Waals surface area contributed by atoms with Gasteiger partial charge in [-0.25, -0.2) is 22.3 Å². The monoisotopic (exact) mass is 426 g/mol. The predicted octanol–water partition coefficient (Wildman–Crippen LogP) is 3.36. The van der Waals surface area contributed by atoms with Crippen LogP contribution < -0.4 is 0 Å².